The van der Waals surface area contributed by atoms with Crippen molar-refractivity contribution in [2.45, 2.75) is 76.0 Å². The number of anilines is 3. The number of likely N-dealkylation sites (N-methyl/N-ethyl adjacent to an activating group) is 2. The Morgan fingerprint density at radius 2 is 1.58 bits per heavy atom. The van der Waals surface area contributed by atoms with Crippen LogP contribution in [0.5, 0.6) is 0 Å². The van der Waals surface area contributed by atoms with E-state index in [0.717, 1.165) is 47.2 Å². The van der Waals surface area contributed by atoms with Gasteiger partial charge in [-0.3, -0.25) is 38.8 Å². The molecule has 18 heteroatoms. The number of piperidine rings is 2. The lowest BCUT2D eigenvalue weighted by atomic mass is 10.0. The third-order valence-corrected chi connectivity index (χ3v) is 14.2. The standard InChI is InChI=1S/C42H50N10O7S/c1-47(26-27-11-14-30(15-12-27)49(3)33-10-6-9-32-37(33)41(57)52(40(32)56)34-16-17-35(53)45-39(34)55)23-24-48(2)60(58,59)50-21-19-29(20-22-50)44-42-43-25-28-13-18-36(54)51(38(28)46-42)31-7-4-5-8-31/h6,9-15,18,25,29,31,34H,4-5,7-8,16-17,19-24,26H2,1-3H3,(H,43,44,46)(H,45,53,55). The first-order valence-corrected chi connectivity index (χ1v) is 21.9. The lowest BCUT2D eigenvalue weighted by Crippen LogP contribution is -2.54. The Morgan fingerprint density at radius 1 is 0.850 bits per heavy atom. The zero-order valence-electron chi connectivity index (χ0n) is 34.0. The summed E-state index contributed by atoms with van der Waals surface area (Å²) in [4.78, 5) is 78.1. The Bertz CT molecular complexity index is 2500. The fourth-order valence-corrected chi connectivity index (χ4v) is 10.2. The predicted octanol–water partition coefficient (Wildman–Crippen LogP) is 3.26. The van der Waals surface area contributed by atoms with Crippen molar-refractivity contribution in [2.24, 2.45) is 0 Å². The number of nitrogens with one attached hydrogen (secondary N) is 2. The molecule has 2 aromatic heterocycles. The van der Waals surface area contributed by atoms with Gasteiger partial charge in [0, 0.05) is 88.7 Å². The molecule has 0 spiro atoms. The van der Waals surface area contributed by atoms with Crippen molar-refractivity contribution in [3.63, 3.8) is 0 Å². The summed E-state index contributed by atoms with van der Waals surface area (Å²) in [6.45, 7) is 2.08. The van der Waals surface area contributed by atoms with Gasteiger partial charge in [-0.15, -0.1) is 0 Å². The third kappa shape index (κ3) is 8.03. The number of rotatable bonds is 13. The van der Waals surface area contributed by atoms with Crippen molar-refractivity contribution in [1.29, 1.82) is 0 Å². The first-order chi connectivity index (χ1) is 28.8. The van der Waals surface area contributed by atoms with Gasteiger partial charge in [-0.2, -0.15) is 22.0 Å². The predicted molar refractivity (Wildman–Crippen MR) is 225 cm³/mol. The molecule has 8 rings (SSSR count). The Kier molecular flexibility index (Phi) is 11.6. The van der Waals surface area contributed by atoms with E-state index in [1.165, 1.54) is 8.61 Å². The van der Waals surface area contributed by atoms with Crippen LogP contribution in [0.2, 0.25) is 0 Å². The van der Waals surface area contributed by atoms with Crippen LogP contribution in [0.4, 0.5) is 17.3 Å². The van der Waals surface area contributed by atoms with Gasteiger partial charge in [0.05, 0.1) is 16.8 Å². The molecule has 1 saturated carbocycles. The van der Waals surface area contributed by atoms with Crippen molar-refractivity contribution in [3.05, 3.63) is 87.8 Å². The van der Waals surface area contributed by atoms with Crippen molar-refractivity contribution < 1.29 is 27.6 Å². The third-order valence-electron chi connectivity index (χ3n) is 12.2. The average Bonchev–Trinajstić information content (AvgIpc) is 3.86. The molecule has 5 heterocycles. The quantitative estimate of drug-likeness (QED) is 0.187. The van der Waals surface area contributed by atoms with Gasteiger partial charge in [-0.25, -0.2) is 4.98 Å². The Hall–Kier alpha value is -5.56. The summed E-state index contributed by atoms with van der Waals surface area (Å²) in [7, 11) is 1.65. The van der Waals surface area contributed by atoms with E-state index in [1.807, 2.05) is 40.8 Å². The van der Waals surface area contributed by atoms with E-state index >= 15 is 0 Å². The maximum absolute atomic E-state index is 13.6. The molecular weight excluding hydrogens is 789 g/mol. The van der Waals surface area contributed by atoms with Gasteiger partial charge in [0.2, 0.25) is 17.8 Å². The van der Waals surface area contributed by atoms with Crippen molar-refractivity contribution >= 4 is 62.2 Å². The molecule has 17 nitrogen and oxygen atoms in total. The maximum Gasteiger partial charge on any atom is 0.281 e. The number of hydrogen-bond acceptors (Lipinski definition) is 12. The largest absolute Gasteiger partial charge is 0.351 e. The summed E-state index contributed by atoms with van der Waals surface area (Å²) in [5.74, 6) is -1.77. The van der Waals surface area contributed by atoms with Crippen LogP contribution < -0.4 is 21.1 Å². The molecule has 0 bridgehead atoms. The van der Waals surface area contributed by atoms with Crippen LogP contribution in [0, 0.1) is 0 Å². The van der Waals surface area contributed by atoms with E-state index in [0.29, 0.717) is 62.8 Å². The van der Waals surface area contributed by atoms with Gasteiger partial charge in [-0.05, 0) is 75.0 Å². The lowest BCUT2D eigenvalue weighted by Gasteiger charge is -2.34. The molecule has 1 aliphatic carbocycles. The maximum atomic E-state index is 13.6. The number of aromatic nitrogens is 3. The second-order valence-electron chi connectivity index (χ2n) is 16.2. The lowest BCUT2D eigenvalue weighted by molar-refractivity contribution is -0.136. The Morgan fingerprint density at radius 3 is 2.30 bits per heavy atom. The fraction of sp³-hybridized carbons (Fsp3) is 0.452. The van der Waals surface area contributed by atoms with Gasteiger partial charge in [-0.1, -0.05) is 31.0 Å². The second-order valence-corrected chi connectivity index (χ2v) is 18.2. The summed E-state index contributed by atoms with van der Waals surface area (Å²) in [6.07, 6.45) is 7.16. The first kappa shape index (κ1) is 41.2. The smallest absolute Gasteiger partial charge is 0.281 e. The average molecular weight is 839 g/mol. The fourth-order valence-electron chi connectivity index (χ4n) is 8.79. The molecule has 0 radical (unpaired) electrons. The molecule has 4 amide bonds. The number of imide groups is 2. The zero-order chi connectivity index (χ0) is 42.3. The molecule has 4 aliphatic rings. The summed E-state index contributed by atoms with van der Waals surface area (Å²) in [5, 5.41) is 6.44. The number of amides is 4. The van der Waals surface area contributed by atoms with Gasteiger partial charge in [0.15, 0.2) is 0 Å². The highest BCUT2D eigenvalue weighted by Crippen LogP contribution is 2.37. The molecule has 60 heavy (non-hydrogen) atoms. The number of pyridine rings is 1. The summed E-state index contributed by atoms with van der Waals surface area (Å²) in [5.41, 5.74) is 3.29. The molecular formula is C42H50N10O7S. The normalized spacial score (nSPS) is 19.5. The highest BCUT2D eigenvalue weighted by atomic mass is 32.2. The molecule has 3 aliphatic heterocycles. The molecule has 2 aromatic carbocycles. The van der Waals surface area contributed by atoms with E-state index in [2.05, 4.69) is 20.5 Å². The monoisotopic (exact) mass is 838 g/mol. The molecule has 2 N–H and O–H groups in total. The number of carbonyl (C=O) groups is 4. The van der Waals surface area contributed by atoms with Crippen molar-refractivity contribution in [3.8, 4) is 0 Å². The zero-order valence-corrected chi connectivity index (χ0v) is 34.9. The van der Waals surface area contributed by atoms with Gasteiger partial charge in [0.1, 0.15) is 11.7 Å². The number of benzene rings is 2. The van der Waals surface area contributed by atoms with Crippen LogP contribution in [0.15, 0.2) is 65.6 Å². The first-order valence-electron chi connectivity index (χ1n) is 20.5. The summed E-state index contributed by atoms with van der Waals surface area (Å²) >= 11 is 0. The van der Waals surface area contributed by atoms with Crippen LogP contribution >= 0.6 is 0 Å². The molecule has 1 unspecified atom stereocenters. The van der Waals surface area contributed by atoms with E-state index in [-0.39, 0.29) is 41.6 Å². The SMILES string of the molecule is CN(CCN(C)S(=O)(=O)N1CCC(Nc2ncc3ccc(=O)n(C4CCCC4)c3n2)CC1)Cc1ccc(N(C)c2cccc3c2C(=O)N(C2CCC(=O)NC2=O)C3=O)cc1. The number of hydrogen-bond donors (Lipinski definition) is 2. The minimum Gasteiger partial charge on any atom is -0.351 e. The van der Waals surface area contributed by atoms with E-state index < -0.39 is 39.9 Å². The van der Waals surface area contributed by atoms with Gasteiger partial charge in [0.25, 0.3) is 27.6 Å². The number of nitrogens with zero attached hydrogens (tertiary/aromatic N) is 8. The Balaban J connectivity index is 0.828. The van der Waals surface area contributed by atoms with E-state index in [1.54, 1.807) is 50.6 Å². The molecule has 316 valence electrons. The van der Waals surface area contributed by atoms with Crippen LogP contribution in [-0.2, 0) is 26.3 Å². The highest BCUT2D eigenvalue weighted by molar-refractivity contribution is 7.86. The van der Waals surface area contributed by atoms with Crippen LogP contribution in [-0.4, -0.2) is 124 Å². The summed E-state index contributed by atoms with van der Waals surface area (Å²) in [6, 6.07) is 15.2. The van der Waals surface area contributed by atoms with Crippen LogP contribution in [0.3, 0.4) is 0 Å². The molecule has 4 aromatic rings. The highest BCUT2D eigenvalue weighted by Gasteiger charge is 2.46. The molecule has 1 atom stereocenters. The van der Waals surface area contributed by atoms with Crippen molar-refractivity contribution in [1.82, 2.24) is 38.3 Å². The van der Waals surface area contributed by atoms with Crippen molar-refractivity contribution in [2.75, 3.05) is 57.5 Å². The van der Waals surface area contributed by atoms with E-state index in [4.69, 9.17) is 4.98 Å². The Labute approximate surface area is 348 Å². The van der Waals surface area contributed by atoms with Crippen LogP contribution in [0.25, 0.3) is 11.0 Å². The topological polar surface area (TPSA) is 190 Å². The minimum absolute atomic E-state index is 0.0116. The number of fused-ring (bicyclic) bond motifs is 2. The second kappa shape index (κ2) is 16.8. The molecule has 2 saturated heterocycles. The van der Waals surface area contributed by atoms with Gasteiger partial charge < -0.3 is 15.1 Å². The molecule has 3 fully saturated rings. The van der Waals surface area contributed by atoms with E-state index in [9.17, 15) is 32.4 Å². The van der Waals surface area contributed by atoms with Gasteiger partial charge >= 0.3 is 0 Å². The minimum atomic E-state index is -3.69. The van der Waals surface area contributed by atoms with Crippen LogP contribution in [0.1, 0.15) is 83.7 Å². The summed E-state index contributed by atoms with van der Waals surface area (Å²) < 4.78 is 31.9. The number of carbonyl (C=O) groups excluding carboxylic acids is 4.